The quantitative estimate of drug-likeness (QED) is 0.774. The molecule has 2 aliphatic rings. The Balaban J connectivity index is 1.40. The van der Waals surface area contributed by atoms with Crippen LogP contribution in [0.4, 0.5) is 5.69 Å². The van der Waals surface area contributed by atoms with Crippen LogP contribution in [0.25, 0.3) is 0 Å². The van der Waals surface area contributed by atoms with Crippen molar-refractivity contribution in [3.05, 3.63) is 48.0 Å². The zero-order valence-electron chi connectivity index (χ0n) is 13.9. The molecule has 0 aromatic heterocycles. The number of hydrogen-bond donors (Lipinski definition) is 2. The Kier molecular flexibility index (Phi) is 3.91. The minimum absolute atomic E-state index is 0.207. The summed E-state index contributed by atoms with van der Waals surface area (Å²) in [5, 5.41) is 11.9. The van der Waals surface area contributed by atoms with E-state index in [1.165, 1.54) is 0 Å². The normalized spacial score (nSPS) is 16.0. The lowest BCUT2D eigenvalue weighted by Gasteiger charge is -2.12. The fourth-order valence-electron chi connectivity index (χ4n) is 2.79. The van der Waals surface area contributed by atoms with Gasteiger partial charge in [0.15, 0.2) is 11.5 Å². The molecule has 134 valence electrons. The third kappa shape index (κ3) is 3.03. The molecule has 0 radical (unpaired) electrons. The van der Waals surface area contributed by atoms with Gasteiger partial charge >= 0.3 is 5.97 Å². The number of aliphatic carboxylic acids is 1. The monoisotopic (exact) mass is 355 g/mol. The molecular weight excluding hydrogens is 338 g/mol. The lowest BCUT2D eigenvalue weighted by molar-refractivity contribution is -0.147. The molecule has 1 fully saturated rings. The van der Waals surface area contributed by atoms with Crippen molar-refractivity contribution in [3.63, 3.8) is 0 Å². The lowest BCUT2D eigenvalue weighted by atomic mass is 10.1. The molecule has 1 saturated carbocycles. The van der Waals surface area contributed by atoms with Gasteiger partial charge in [0.2, 0.25) is 12.7 Å². The summed E-state index contributed by atoms with van der Waals surface area (Å²) in [7, 11) is 0. The molecular formula is C19H17NO6. The minimum Gasteiger partial charge on any atom is -0.489 e. The molecule has 1 amide bonds. The Bertz CT molecular complexity index is 874. The molecule has 1 aliphatic heterocycles. The van der Waals surface area contributed by atoms with Crippen molar-refractivity contribution in [2.45, 2.75) is 19.4 Å². The zero-order valence-corrected chi connectivity index (χ0v) is 13.9. The number of benzene rings is 2. The first-order chi connectivity index (χ1) is 12.6. The highest BCUT2D eigenvalue weighted by molar-refractivity contribution is 6.10. The van der Waals surface area contributed by atoms with Crippen LogP contribution < -0.4 is 19.5 Å². The van der Waals surface area contributed by atoms with E-state index in [1.54, 1.807) is 36.4 Å². The molecule has 2 aromatic carbocycles. The van der Waals surface area contributed by atoms with E-state index in [0.717, 1.165) is 5.56 Å². The van der Waals surface area contributed by atoms with E-state index >= 15 is 0 Å². The molecule has 26 heavy (non-hydrogen) atoms. The average Bonchev–Trinajstić information content (AvgIpc) is 3.33. The second-order valence-corrected chi connectivity index (χ2v) is 6.35. The fourth-order valence-corrected chi connectivity index (χ4v) is 2.79. The van der Waals surface area contributed by atoms with Gasteiger partial charge in [-0.05, 0) is 42.7 Å². The smallest absolute Gasteiger partial charge is 0.319 e. The van der Waals surface area contributed by atoms with Gasteiger partial charge in [-0.15, -0.1) is 0 Å². The summed E-state index contributed by atoms with van der Waals surface area (Å²) < 4.78 is 16.3. The molecule has 1 heterocycles. The number of carbonyl (C=O) groups is 2. The van der Waals surface area contributed by atoms with Gasteiger partial charge in [-0.2, -0.15) is 0 Å². The topological polar surface area (TPSA) is 94.1 Å². The van der Waals surface area contributed by atoms with Crippen molar-refractivity contribution in [2.75, 3.05) is 12.1 Å². The summed E-state index contributed by atoms with van der Waals surface area (Å²) in [6, 6.07) is 12.5. The average molecular weight is 355 g/mol. The van der Waals surface area contributed by atoms with Gasteiger partial charge in [-0.25, -0.2) is 0 Å². The number of carboxylic acid groups (broad SMARTS) is 1. The van der Waals surface area contributed by atoms with Crippen LogP contribution >= 0.6 is 0 Å². The second kappa shape index (κ2) is 6.25. The van der Waals surface area contributed by atoms with Crippen LogP contribution in [-0.4, -0.2) is 23.8 Å². The maximum Gasteiger partial charge on any atom is 0.319 e. The van der Waals surface area contributed by atoms with Gasteiger partial charge in [0.25, 0.3) is 0 Å². The Morgan fingerprint density at radius 3 is 2.69 bits per heavy atom. The molecule has 2 N–H and O–H groups in total. The number of carbonyl (C=O) groups excluding carboxylic acids is 1. The summed E-state index contributed by atoms with van der Waals surface area (Å²) in [5.74, 6) is 0.434. The number of ether oxygens (including phenoxy) is 3. The van der Waals surface area contributed by atoms with Crippen LogP contribution in [-0.2, 0) is 16.2 Å². The van der Waals surface area contributed by atoms with Crippen LogP contribution in [0, 0.1) is 5.41 Å². The highest BCUT2D eigenvalue weighted by atomic mass is 16.7. The Morgan fingerprint density at radius 1 is 1.12 bits per heavy atom. The largest absolute Gasteiger partial charge is 0.489 e. The molecule has 1 aliphatic carbocycles. The summed E-state index contributed by atoms with van der Waals surface area (Å²) in [6.07, 6.45) is 0.752. The number of anilines is 1. The maximum absolute atomic E-state index is 12.2. The summed E-state index contributed by atoms with van der Waals surface area (Å²) in [5.41, 5.74) is 0.133. The van der Waals surface area contributed by atoms with Gasteiger partial charge in [-0.3, -0.25) is 9.59 Å². The van der Waals surface area contributed by atoms with Crippen molar-refractivity contribution < 1.29 is 28.9 Å². The standard InChI is InChI=1S/C19H17NO6/c21-17(19(6-7-19)18(22)23)20-13-3-1-2-12(8-13)10-24-14-4-5-15-16(9-14)26-11-25-15/h1-5,8-9H,6-7,10-11H2,(H,20,21)(H,22,23). The number of carboxylic acids is 1. The number of rotatable bonds is 6. The van der Waals surface area contributed by atoms with Gasteiger partial charge in [0.05, 0.1) is 0 Å². The third-order valence-corrected chi connectivity index (χ3v) is 4.53. The molecule has 0 unspecified atom stereocenters. The highest BCUT2D eigenvalue weighted by Crippen LogP contribution is 2.46. The molecule has 2 aromatic rings. The predicted octanol–water partition coefficient (Wildman–Crippen LogP) is 2.80. The molecule has 7 nitrogen and oxygen atoms in total. The van der Waals surface area contributed by atoms with E-state index < -0.39 is 17.3 Å². The van der Waals surface area contributed by atoms with Crippen LogP contribution in [0.3, 0.4) is 0 Å². The van der Waals surface area contributed by atoms with Gasteiger partial charge in [-0.1, -0.05) is 12.1 Å². The third-order valence-electron chi connectivity index (χ3n) is 4.53. The van der Waals surface area contributed by atoms with Crippen molar-refractivity contribution in [3.8, 4) is 17.2 Å². The molecule has 4 rings (SSSR count). The first-order valence-corrected chi connectivity index (χ1v) is 8.23. The predicted molar refractivity (Wildman–Crippen MR) is 91.3 cm³/mol. The van der Waals surface area contributed by atoms with Gasteiger partial charge < -0.3 is 24.6 Å². The lowest BCUT2D eigenvalue weighted by Crippen LogP contribution is -2.31. The van der Waals surface area contributed by atoms with Crippen LogP contribution in [0.2, 0.25) is 0 Å². The molecule has 0 atom stereocenters. The maximum atomic E-state index is 12.2. The van der Waals surface area contributed by atoms with Crippen LogP contribution in [0.1, 0.15) is 18.4 Å². The van der Waals surface area contributed by atoms with Gasteiger partial charge in [0.1, 0.15) is 17.8 Å². The fraction of sp³-hybridized carbons (Fsp3) is 0.263. The van der Waals surface area contributed by atoms with Crippen molar-refractivity contribution >= 4 is 17.6 Å². The molecule has 7 heteroatoms. The zero-order chi connectivity index (χ0) is 18.1. The Labute approximate surface area is 149 Å². The van der Waals surface area contributed by atoms with Crippen LogP contribution in [0.5, 0.6) is 17.2 Å². The number of fused-ring (bicyclic) bond motifs is 1. The SMILES string of the molecule is O=C(O)C1(C(=O)Nc2cccc(COc3ccc4c(c3)OCO4)c2)CC1. The summed E-state index contributed by atoms with van der Waals surface area (Å²) in [6.45, 7) is 0.506. The molecule has 0 spiro atoms. The van der Waals surface area contributed by atoms with E-state index in [9.17, 15) is 14.7 Å². The van der Waals surface area contributed by atoms with E-state index in [1.807, 2.05) is 6.07 Å². The summed E-state index contributed by atoms with van der Waals surface area (Å²) in [4.78, 5) is 23.4. The van der Waals surface area contributed by atoms with Crippen molar-refractivity contribution in [1.82, 2.24) is 0 Å². The minimum atomic E-state index is -1.26. The first kappa shape index (κ1) is 16.3. The summed E-state index contributed by atoms with van der Waals surface area (Å²) >= 11 is 0. The van der Waals surface area contributed by atoms with E-state index in [4.69, 9.17) is 14.2 Å². The number of amides is 1. The molecule has 0 saturated heterocycles. The van der Waals surface area contributed by atoms with Crippen molar-refractivity contribution in [2.24, 2.45) is 5.41 Å². The van der Waals surface area contributed by atoms with Crippen molar-refractivity contribution in [1.29, 1.82) is 0 Å². The number of hydrogen-bond acceptors (Lipinski definition) is 5. The van der Waals surface area contributed by atoms with E-state index in [2.05, 4.69) is 5.32 Å². The van der Waals surface area contributed by atoms with Crippen LogP contribution in [0.15, 0.2) is 42.5 Å². The Morgan fingerprint density at radius 2 is 1.92 bits per heavy atom. The highest BCUT2D eigenvalue weighted by Gasteiger charge is 2.57. The Hall–Kier alpha value is -3.22. The number of nitrogens with one attached hydrogen (secondary N) is 1. The van der Waals surface area contributed by atoms with E-state index in [-0.39, 0.29) is 6.79 Å². The first-order valence-electron chi connectivity index (χ1n) is 8.23. The second-order valence-electron chi connectivity index (χ2n) is 6.35. The van der Waals surface area contributed by atoms with Gasteiger partial charge in [0, 0.05) is 11.8 Å². The molecule has 0 bridgehead atoms. The van der Waals surface area contributed by atoms with E-state index in [0.29, 0.717) is 42.4 Å².